The van der Waals surface area contributed by atoms with Gasteiger partial charge in [-0.2, -0.15) is 13.2 Å². The predicted molar refractivity (Wildman–Crippen MR) is 164 cm³/mol. The van der Waals surface area contributed by atoms with Crippen LogP contribution in [-0.2, 0) is 11.0 Å². The van der Waals surface area contributed by atoms with E-state index in [-0.39, 0.29) is 34.9 Å². The SMILES string of the molecule is N=C(c1ccc(C(=O)Nc2cc(C(F)(F)F)ccn2)cc1)c1c(N)ncc2c1N[C@@H]1CCCN(C1)C(=O)CCCCCC=C2. The van der Waals surface area contributed by atoms with Crippen LogP contribution in [0.3, 0.4) is 0 Å². The fourth-order valence-corrected chi connectivity index (χ4v) is 5.48. The summed E-state index contributed by atoms with van der Waals surface area (Å²) in [7, 11) is 0. The molecule has 1 aromatic carbocycles. The molecule has 5 rings (SSSR count). The smallest absolute Gasteiger partial charge is 0.383 e. The van der Waals surface area contributed by atoms with Crippen molar-refractivity contribution in [2.75, 3.05) is 29.5 Å². The molecule has 0 aliphatic carbocycles. The van der Waals surface area contributed by atoms with Crippen LogP contribution in [0.4, 0.5) is 30.5 Å². The van der Waals surface area contributed by atoms with Crippen LogP contribution < -0.4 is 16.4 Å². The Kier molecular flexibility index (Phi) is 9.26. The van der Waals surface area contributed by atoms with Gasteiger partial charge in [0, 0.05) is 54.6 Å². The average molecular weight is 606 g/mol. The highest BCUT2D eigenvalue weighted by Gasteiger charge is 2.31. The highest BCUT2D eigenvalue weighted by atomic mass is 19.4. The Labute approximate surface area is 253 Å². The summed E-state index contributed by atoms with van der Waals surface area (Å²) < 4.78 is 39.1. The normalized spacial score (nSPS) is 17.7. The molecule has 2 aromatic heterocycles. The van der Waals surface area contributed by atoms with Crippen molar-refractivity contribution in [3.63, 3.8) is 0 Å². The van der Waals surface area contributed by atoms with Gasteiger partial charge in [-0.25, -0.2) is 9.97 Å². The summed E-state index contributed by atoms with van der Waals surface area (Å²) in [5, 5.41) is 15.1. The second kappa shape index (κ2) is 13.3. The number of aromatic nitrogens is 2. The quantitative estimate of drug-likeness (QED) is 0.264. The Morgan fingerprint density at radius 1 is 1.07 bits per heavy atom. The Balaban J connectivity index is 1.41. The predicted octanol–water partition coefficient (Wildman–Crippen LogP) is 6.13. The van der Waals surface area contributed by atoms with Crippen LogP contribution in [0, 0.1) is 5.41 Å². The van der Waals surface area contributed by atoms with Crippen molar-refractivity contribution >= 4 is 40.9 Å². The van der Waals surface area contributed by atoms with Crippen LogP contribution in [0.2, 0.25) is 0 Å². The monoisotopic (exact) mass is 605 g/mol. The lowest BCUT2D eigenvalue weighted by Crippen LogP contribution is -2.45. The molecule has 12 heteroatoms. The van der Waals surface area contributed by atoms with Gasteiger partial charge in [0.1, 0.15) is 11.6 Å². The molecule has 9 nitrogen and oxygen atoms in total. The maximum Gasteiger partial charge on any atom is 0.416 e. The highest BCUT2D eigenvalue weighted by Crippen LogP contribution is 2.32. The number of nitrogens with one attached hydrogen (secondary N) is 3. The summed E-state index contributed by atoms with van der Waals surface area (Å²) in [5.41, 5.74) is 8.03. The van der Waals surface area contributed by atoms with Crippen molar-refractivity contribution < 1.29 is 22.8 Å². The number of allylic oxidation sites excluding steroid dienone is 1. The zero-order valence-electron chi connectivity index (χ0n) is 24.1. The second-order valence-electron chi connectivity index (χ2n) is 11.0. The summed E-state index contributed by atoms with van der Waals surface area (Å²) in [6.07, 6.45) is 8.06. The minimum atomic E-state index is -4.57. The van der Waals surface area contributed by atoms with Crippen molar-refractivity contribution in [1.29, 1.82) is 5.41 Å². The molecule has 2 amide bonds. The fraction of sp³-hybridized carbons (Fsp3) is 0.344. The lowest BCUT2D eigenvalue weighted by molar-refractivity contribution is -0.137. The van der Waals surface area contributed by atoms with Crippen molar-refractivity contribution in [2.45, 2.75) is 57.2 Å². The number of hydrogen-bond acceptors (Lipinski definition) is 7. The standard InChI is InChI=1S/C32H34F3N7O2/c33-32(34,35)23-14-15-38-25(17-23)41-31(44)21-12-10-20(11-13-21)28(36)27-29-22(18-39-30(27)37)7-4-2-1-3-5-9-26(43)42-16-6-8-24(19-42)40-29/h4,7,10-15,17-18,24,36,40H,1-3,5-6,8-9,16,19H2,(H2,37,39)(H,38,41,44)/t24-/m1/s1. The Bertz CT molecular complexity index is 1570. The van der Waals surface area contributed by atoms with E-state index in [4.69, 9.17) is 11.1 Å². The number of nitrogen functional groups attached to an aromatic ring is 1. The summed E-state index contributed by atoms with van der Waals surface area (Å²) in [6.45, 7) is 1.29. The van der Waals surface area contributed by atoms with Crippen LogP contribution in [0.5, 0.6) is 0 Å². The number of pyridine rings is 2. The molecule has 1 saturated heterocycles. The molecule has 230 valence electrons. The van der Waals surface area contributed by atoms with Crippen LogP contribution in [-0.4, -0.2) is 51.5 Å². The van der Waals surface area contributed by atoms with Gasteiger partial charge in [-0.15, -0.1) is 0 Å². The number of halogens is 3. The third-order valence-electron chi connectivity index (χ3n) is 7.83. The second-order valence-corrected chi connectivity index (χ2v) is 11.0. The number of carbonyl (C=O) groups is 2. The van der Waals surface area contributed by atoms with Gasteiger partial charge in [-0.3, -0.25) is 15.0 Å². The molecule has 2 bridgehead atoms. The van der Waals surface area contributed by atoms with Gasteiger partial charge in [0.2, 0.25) is 5.91 Å². The Hall–Kier alpha value is -4.74. The van der Waals surface area contributed by atoms with E-state index in [0.717, 1.165) is 69.0 Å². The third kappa shape index (κ3) is 7.24. The minimum absolute atomic E-state index is 0.0355. The van der Waals surface area contributed by atoms with E-state index >= 15 is 0 Å². The van der Waals surface area contributed by atoms with E-state index in [1.54, 1.807) is 18.3 Å². The molecule has 0 saturated carbocycles. The first-order valence-corrected chi connectivity index (χ1v) is 14.6. The first kappa shape index (κ1) is 30.7. The van der Waals surface area contributed by atoms with E-state index in [2.05, 4.69) is 26.7 Å². The number of anilines is 3. The number of alkyl halides is 3. The number of carbonyl (C=O) groups excluding carboxylic acids is 2. The van der Waals surface area contributed by atoms with Gasteiger partial charge in [-0.05, 0) is 56.4 Å². The molecule has 44 heavy (non-hydrogen) atoms. The maximum atomic E-state index is 13.0. The van der Waals surface area contributed by atoms with Gasteiger partial charge in [0.05, 0.1) is 22.5 Å². The zero-order valence-corrected chi connectivity index (χ0v) is 24.1. The molecule has 4 heterocycles. The highest BCUT2D eigenvalue weighted by molar-refractivity contribution is 6.17. The third-order valence-corrected chi connectivity index (χ3v) is 7.83. The van der Waals surface area contributed by atoms with Gasteiger partial charge >= 0.3 is 6.18 Å². The lowest BCUT2D eigenvalue weighted by atomic mass is 9.96. The molecule has 3 aromatic rings. The number of hydrogen-bond donors (Lipinski definition) is 4. The van der Waals surface area contributed by atoms with E-state index in [1.165, 1.54) is 12.1 Å². The number of benzene rings is 1. The molecule has 0 radical (unpaired) electrons. The van der Waals surface area contributed by atoms with Gasteiger partial charge in [0.15, 0.2) is 0 Å². The largest absolute Gasteiger partial charge is 0.416 e. The van der Waals surface area contributed by atoms with Gasteiger partial charge < -0.3 is 21.3 Å². The van der Waals surface area contributed by atoms with Crippen molar-refractivity contribution in [1.82, 2.24) is 14.9 Å². The summed E-state index contributed by atoms with van der Waals surface area (Å²) in [5.74, 6) is -0.540. The number of fused-ring (bicyclic) bond motifs is 3. The molecule has 1 atom stereocenters. The van der Waals surface area contributed by atoms with E-state index < -0.39 is 17.6 Å². The topological polar surface area (TPSA) is 137 Å². The number of nitrogens with zero attached hydrogens (tertiary/aromatic N) is 3. The molecule has 0 spiro atoms. The summed E-state index contributed by atoms with van der Waals surface area (Å²) in [6, 6.07) is 7.68. The van der Waals surface area contributed by atoms with E-state index in [1.807, 2.05) is 11.0 Å². The zero-order chi connectivity index (χ0) is 31.3. The van der Waals surface area contributed by atoms with Crippen LogP contribution >= 0.6 is 0 Å². The molecule has 2 aliphatic heterocycles. The van der Waals surface area contributed by atoms with E-state index in [0.29, 0.717) is 29.8 Å². The van der Waals surface area contributed by atoms with Crippen molar-refractivity contribution in [2.24, 2.45) is 0 Å². The van der Waals surface area contributed by atoms with Crippen molar-refractivity contribution in [3.05, 3.63) is 82.7 Å². The minimum Gasteiger partial charge on any atom is -0.383 e. The lowest BCUT2D eigenvalue weighted by Gasteiger charge is -2.35. The van der Waals surface area contributed by atoms with Crippen LogP contribution in [0.15, 0.2) is 54.9 Å². The Morgan fingerprint density at radius 3 is 2.61 bits per heavy atom. The average Bonchev–Trinajstić information content (AvgIpc) is 3.01. The number of rotatable bonds is 4. The molecule has 1 fully saturated rings. The number of amides is 2. The molecule has 5 N–H and O–H groups in total. The fourth-order valence-electron chi connectivity index (χ4n) is 5.48. The summed E-state index contributed by atoms with van der Waals surface area (Å²) >= 11 is 0. The van der Waals surface area contributed by atoms with Gasteiger partial charge in [0.25, 0.3) is 5.91 Å². The first-order chi connectivity index (χ1) is 21.1. The van der Waals surface area contributed by atoms with Gasteiger partial charge in [-0.1, -0.05) is 30.7 Å². The molecule has 0 unspecified atom stereocenters. The number of piperidine rings is 1. The van der Waals surface area contributed by atoms with E-state index in [9.17, 15) is 22.8 Å². The first-order valence-electron chi connectivity index (χ1n) is 14.6. The maximum absolute atomic E-state index is 13.0. The van der Waals surface area contributed by atoms with Crippen LogP contribution in [0.1, 0.15) is 77.6 Å². The number of nitrogens with two attached hydrogens (primary N) is 1. The van der Waals surface area contributed by atoms with Crippen LogP contribution in [0.25, 0.3) is 6.08 Å². The van der Waals surface area contributed by atoms with Crippen molar-refractivity contribution in [3.8, 4) is 0 Å². The molecule has 2 aliphatic rings. The molecular formula is C32H34F3N7O2. The summed E-state index contributed by atoms with van der Waals surface area (Å²) in [4.78, 5) is 35.7. The molecular weight excluding hydrogens is 571 g/mol. The Morgan fingerprint density at radius 2 is 1.84 bits per heavy atom.